The van der Waals surface area contributed by atoms with Crippen molar-refractivity contribution in [3.05, 3.63) is 24.3 Å². The summed E-state index contributed by atoms with van der Waals surface area (Å²) in [7, 11) is 0. The molecule has 80 valence electrons. The van der Waals surface area contributed by atoms with Crippen LogP contribution in [0, 0.1) is 0 Å². The summed E-state index contributed by atoms with van der Waals surface area (Å²) in [5.41, 5.74) is 1.09. The normalized spacial score (nSPS) is 12.9. The lowest BCUT2D eigenvalue weighted by molar-refractivity contribution is 0.690. The second kappa shape index (κ2) is 4.62. The summed E-state index contributed by atoms with van der Waals surface area (Å²) < 4.78 is 1.25. The molecule has 2 aromatic rings. The molecule has 15 heavy (non-hydrogen) atoms. The smallest absolute Gasteiger partial charge is 0.183 e. The van der Waals surface area contributed by atoms with E-state index in [1.54, 1.807) is 11.3 Å². The molecule has 0 fully saturated rings. The van der Waals surface area contributed by atoms with Crippen molar-refractivity contribution in [2.24, 2.45) is 0 Å². The topological polar surface area (TPSA) is 24.9 Å². The Labute approximate surface area is 94.3 Å². The SMILES string of the molecule is CCCC(C)Nc1nc2ccccc2s1. The number of nitrogens with zero attached hydrogens (tertiary/aromatic N) is 1. The van der Waals surface area contributed by atoms with Crippen LogP contribution in [-0.4, -0.2) is 11.0 Å². The second-order valence-electron chi connectivity index (χ2n) is 3.82. The Bertz CT molecular complexity index is 403. The summed E-state index contributed by atoms with van der Waals surface area (Å²) in [6, 6.07) is 8.76. The molecule has 0 bridgehead atoms. The van der Waals surface area contributed by atoms with E-state index in [1.807, 2.05) is 6.07 Å². The fraction of sp³-hybridized carbons (Fsp3) is 0.417. The summed E-state index contributed by atoms with van der Waals surface area (Å²) >= 11 is 1.73. The number of anilines is 1. The van der Waals surface area contributed by atoms with Gasteiger partial charge in [-0.1, -0.05) is 36.8 Å². The standard InChI is InChI=1S/C12H16N2S/c1-3-6-9(2)13-12-14-10-7-4-5-8-11(10)15-12/h4-5,7-9H,3,6H2,1-2H3,(H,13,14). The summed E-state index contributed by atoms with van der Waals surface area (Å²) in [4.78, 5) is 4.54. The van der Waals surface area contributed by atoms with Gasteiger partial charge in [-0.25, -0.2) is 4.98 Å². The van der Waals surface area contributed by atoms with Crippen molar-refractivity contribution < 1.29 is 0 Å². The molecule has 1 unspecified atom stereocenters. The molecule has 1 aromatic carbocycles. The van der Waals surface area contributed by atoms with Crippen LogP contribution in [0.25, 0.3) is 10.2 Å². The first-order valence-electron chi connectivity index (χ1n) is 5.41. The van der Waals surface area contributed by atoms with E-state index in [1.165, 1.54) is 17.5 Å². The molecule has 2 rings (SSSR count). The Hall–Kier alpha value is -1.09. The van der Waals surface area contributed by atoms with Crippen LogP contribution in [0.4, 0.5) is 5.13 Å². The van der Waals surface area contributed by atoms with Gasteiger partial charge in [0.25, 0.3) is 0 Å². The maximum Gasteiger partial charge on any atom is 0.183 e. The highest BCUT2D eigenvalue weighted by molar-refractivity contribution is 7.22. The molecule has 1 N–H and O–H groups in total. The third kappa shape index (κ3) is 2.48. The number of benzene rings is 1. The van der Waals surface area contributed by atoms with Gasteiger partial charge in [0.1, 0.15) is 0 Å². The molecular formula is C12H16N2S. The molecular weight excluding hydrogens is 204 g/mol. The lowest BCUT2D eigenvalue weighted by Crippen LogP contribution is -2.13. The van der Waals surface area contributed by atoms with E-state index in [0.29, 0.717) is 6.04 Å². The first-order chi connectivity index (χ1) is 7.29. The summed E-state index contributed by atoms with van der Waals surface area (Å²) in [5, 5.41) is 4.48. The predicted molar refractivity (Wildman–Crippen MR) is 67.6 cm³/mol. The van der Waals surface area contributed by atoms with Crippen molar-refractivity contribution in [2.45, 2.75) is 32.7 Å². The Balaban J connectivity index is 2.15. The van der Waals surface area contributed by atoms with Gasteiger partial charge in [0, 0.05) is 6.04 Å². The number of aromatic nitrogens is 1. The van der Waals surface area contributed by atoms with E-state index in [4.69, 9.17) is 0 Å². The molecule has 0 spiro atoms. The Kier molecular flexibility index (Phi) is 3.21. The minimum Gasteiger partial charge on any atom is -0.359 e. The van der Waals surface area contributed by atoms with Gasteiger partial charge < -0.3 is 5.32 Å². The zero-order chi connectivity index (χ0) is 10.7. The Morgan fingerprint density at radius 2 is 2.20 bits per heavy atom. The molecule has 1 atom stereocenters. The quantitative estimate of drug-likeness (QED) is 0.845. The summed E-state index contributed by atoms with van der Waals surface area (Å²) in [6.07, 6.45) is 2.40. The number of hydrogen-bond donors (Lipinski definition) is 1. The minimum absolute atomic E-state index is 0.510. The van der Waals surface area contributed by atoms with Crippen LogP contribution >= 0.6 is 11.3 Å². The van der Waals surface area contributed by atoms with Crippen molar-refractivity contribution in [1.29, 1.82) is 0 Å². The highest BCUT2D eigenvalue weighted by Gasteiger charge is 2.05. The molecule has 0 aliphatic heterocycles. The van der Waals surface area contributed by atoms with Crippen LogP contribution < -0.4 is 5.32 Å². The van der Waals surface area contributed by atoms with Crippen LogP contribution in [0.1, 0.15) is 26.7 Å². The van der Waals surface area contributed by atoms with Crippen LogP contribution in [0.3, 0.4) is 0 Å². The number of rotatable bonds is 4. The van der Waals surface area contributed by atoms with Gasteiger partial charge in [0.2, 0.25) is 0 Å². The molecule has 0 amide bonds. The van der Waals surface area contributed by atoms with Gasteiger partial charge in [-0.3, -0.25) is 0 Å². The lowest BCUT2D eigenvalue weighted by Gasteiger charge is -2.10. The summed E-state index contributed by atoms with van der Waals surface area (Å²) in [5.74, 6) is 0. The van der Waals surface area contributed by atoms with Crippen LogP contribution in [0.2, 0.25) is 0 Å². The lowest BCUT2D eigenvalue weighted by atomic mass is 10.2. The molecule has 0 aliphatic carbocycles. The van der Waals surface area contributed by atoms with Crippen LogP contribution in [0.5, 0.6) is 0 Å². The number of para-hydroxylation sites is 1. The van der Waals surface area contributed by atoms with E-state index in [-0.39, 0.29) is 0 Å². The largest absolute Gasteiger partial charge is 0.359 e. The van der Waals surface area contributed by atoms with Gasteiger partial charge in [-0.2, -0.15) is 0 Å². The van der Waals surface area contributed by atoms with E-state index in [9.17, 15) is 0 Å². The second-order valence-corrected chi connectivity index (χ2v) is 4.85. The molecule has 1 heterocycles. The van der Waals surface area contributed by atoms with Crippen molar-refractivity contribution in [3.63, 3.8) is 0 Å². The average Bonchev–Trinajstić information content (AvgIpc) is 2.59. The third-order valence-corrected chi connectivity index (χ3v) is 3.35. The molecule has 0 saturated carbocycles. The van der Waals surface area contributed by atoms with E-state index in [0.717, 1.165) is 10.6 Å². The molecule has 0 saturated heterocycles. The molecule has 1 aromatic heterocycles. The zero-order valence-corrected chi connectivity index (χ0v) is 9.97. The van der Waals surface area contributed by atoms with Crippen molar-refractivity contribution in [1.82, 2.24) is 4.98 Å². The average molecular weight is 220 g/mol. The zero-order valence-electron chi connectivity index (χ0n) is 9.16. The van der Waals surface area contributed by atoms with Gasteiger partial charge in [0.05, 0.1) is 10.2 Å². The van der Waals surface area contributed by atoms with Crippen LogP contribution in [-0.2, 0) is 0 Å². The highest BCUT2D eigenvalue weighted by atomic mass is 32.1. The predicted octanol–water partition coefficient (Wildman–Crippen LogP) is 3.90. The van der Waals surface area contributed by atoms with Crippen molar-refractivity contribution in [2.75, 3.05) is 5.32 Å². The molecule has 0 aliphatic rings. The Morgan fingerprint density at radius 1 is 1.40 bits per heavy atom. The van der Waals surface area contributed by atoms with Gasteiger partial charge in [-0.05, 0) is 25.5 Å². The van der Waals surface area contributed by atoms with Gasteiger partial charge >= 0.3 is 0 Å². The number of thiazole rings is 1. The Morgan fingerprint density at radius 3 is 2.93 bits per heavy atom. The fourth-order valence-corrected chi connectivity index (χ4v) is 2.63. The molecule has 2 nitrogen and oxygen atoms in total. The van der Waals surface area contributed by atoms with Gasteiger partial charge in [-0.15, -0.1) is 0 Å². The van der Waals surface area contributed by atoms with E-state index in [2.05, 4.69) is 42.3 Å². The van der Waals surface area contributed by atoms with Gasteiger partial charge in [0.15, 0.2) is 5.13 Å². The van der Waals surface area contributed by atoms with Crippen molar-refractivity contribution in [3.8, 4) is 0 Å². The monoisotopic (exact) mass is 220 g/mol. The minimum atomic E-state index is 0.510. The van der Waals surface area contributed by atoms with E-state index < -0.39 is 0 Å². The summed E-state index contributed by atoms with van der Waals surface area (Å²) in [6.45, 7) is 4.41. The van der Waals surface area contributed by atoms with Crippen LogP contribution in [0.15, 0.2) is 24.3 Å². The maximum absolute atomic E-state index is 4.54. The first-order valence-corrected chi connectivity index (χ1v) is 6.23. The fourth-order valence-electron chi connectivity index (χ4n) is 1.65. The first kappa shape index (κ1) is 10.4. The molecule has 3 heteroatoms. The maximum atomic E-state index is 4.54. The number of hydrogen-bond acceptors (Lipinski definition) is 3. The molecule has 0 radical (unpaired) electrons. The number of nitrogens with one attached hydrogen (secondary N) is 1. The highest BCUT2D eigenvalue weighted by Crippen LogP contribution is 2.26. The van der Waals surface area contributed by atoms with E-state index >= 15 is 0 Å². The number of fused-ring (bicyclic) bond motifs is 1. The third-order valence-electron chi connectivity index (χ3n) is 2.39. The van der Waals surface area contributed by atoms with Crippen molar-refractivity contribution >= 4 is 26.7 Å².